The van der Waals surface area contributed by atoms with Crippen LogP contribution in [0.1, 0.15) is 106 Å². The fourth-order valence-corrected chi connectivity index (χ4v) is 9.34. The molecule has 1 amide bonds. The van der Waals surface area contributed by atoms with Crippen molar-refractivity contribution in [3.05, 3.63) is 41.1 Å². The first-order chi connectivity index (χ1) is 18.0. The number of rotatable bonds is 2. The van der Waals surface area contributed by atoms with E-state index in [0.717, 1.165) is 44.3 Å². The lowest BCUT2D eigenvalue weighted by atomic mass is 9.49. The average Bonchev–Trinajstić information content (AvgIpc) is 3.17. The van der Waals surface area contributed by atoms with Crippen LogP contribution < -0.4 is 5.32 Å². The first kappa shape index (κ1) is 28.4. The molecular weight excluding hydrogens is 480 g/mol. The maximum absolute atomic E-state index is 14.1. The zero-order valence-electron chi connectivity index (χ0n) is 26.2. The molecule has 1 N–H and O–H groups in total. The van der Waals surface area contributed by atoms with Crippen molar-refractivity contribution in [1.29, 1.82) is 0 Å². The van der Waals surface area contributed by atoms with Crippen molar-refractivity contribution in [2.45, 2.75) is 105 Å². The number of fused-ring (bicyclic) bond motifs is 5. The monoisotopic (exact) mass is 532 g/mol. The minimum absolute atomic E-state index is 0.0172. The van der Waals surface area contributed by atoms with Gasteiger partial charge in [-0.2, -0.15) is 0 Å². The summed E-state index contributed by atoms with van der Waals surface area (Å²) in [5.74, 6) is 2.34. The largest absolute Gasteiger partial charge is 0.377 e. The Balaban J connectivity index is 1.42. The second-order valence-electron chi connectivity index (χ2n) is 16.1. The van der Waals surface area contributed by atoms with Crippen molar-refractivity contribution in [2.75, 3.05) is 18.9 Å². The summed E-state index contributed by atoms with van der Waals surface area (Å²) < 4.78 is 0. The fraction of sp³-hybridized carbons (Fsp3) is 0.714. The molecular formula is C35H52N2O2. The third-order valence-corrected chi connectivity index (χ3v) is 11.5. The van der Waals surface area contributed by atoms with Crippen LogP contribution in [-0.2, 0) is 20.4 Å². The summed E-state index contributed by atoms with van der Waals surface area (Å²) in [4.78, 5) is 29.1. The number of ketones is 1. The first-order valence-corrected chi connectivity index (χ1v) is 15.4. The van der Waals surface area contributed by atoms with E-state index in [2.05, 4.69) is 97.8 Å². The van der Waals surface area contributed by atoms with Crippen molar-refractivity contribution in [1.82, 2.24) is 4.90 Å². The van der Waals surface area contributed by atoms with Gasteiger partial charge in [0.15, 0.2) is 5.78 Å². The van der Waals surface area contributed by atoms with Crippen LogP contribution in [0.4, 0.5) is 5.69 Å². The number of benzene rings is 1. The molecule has 1 heterocycles. The van der Waals surface area contributed by atoms with Crippen LogP contribution in [0.3, 0.4) is 0 Å². The Kier molecular flexibility index (Phi) is 6.71. The standard InChI is InChI=1S/C35H52N2O2/c1-21-19-35(9)25-15-16-34(8)24(23(25)20-37(10)30(35)18-29(21)38)13-14-27(34)31(39)36-28-17-22(32(2,3)4)11-12-26(28)33(5,6)7/h11-12,17-18,21,23-25,27H,13-16,19-20H2,1-10H3,(H,36,39)/t21?,23?,24?,25?,27-,34+,35-/m1/s1. The van der Waals surface area contributed by atoms with E-state index in [1.165, 1.54) is 16.8 Å². The van der Waals surface area contributed by atoms with Crippen molar-refractivity contribution >= 4 is 17.4 Å². The number of amides is 1. The number of nitrogens with zero attached hydrogens (tertiary/aromatic N) is 1. The zero-order chi connectivity index (χ0) is 28.7. The average molecular weight is 533 g/mol. The molecule has 3 aliphatic carbocycles. The molecule has 1 saturated heterocycles. The van der Waals surface area contributed by atoms with Gasteiger partial charge in [-0.1, -0.05) is 74.4 Å². The lowest BCUT2D eigenvalue weighted by Crippen LogP contribution is -2.58. The molecule has 4 aliphatic rings. The molecule has 214 valence electrons. The Hall–Kier alpha value is -2.10. The topological polar surface area (TPSA) is 49.4 Å². The minimum atomic E-state index is -0.0505. The number of likely N-dealkylation sites (tertiary alicyclic amines) is 1. The molecule has 3 fully saturated rings. The van der Waals surface area contributed by atoms with Gasteiger partial charge in [-0.3, -0.25) is 9.59 Å². The normalized spacial score (nSPS) is 36.6. The molecule has 4 heteroatoms. The van der Waals surface area contributed by atoms with E-state index in [4.69, 9.17) is 0 Å². The molecule has 2 saturated carbocycles. The summed E-state index contributed by atoms with van der Waals surface area (Å²) in [6.07, 6.45) is 7.26. The molecule has 0 spiro atoms. The smallest absolute Gasteiger partial charge is 0.228 e. The van der Waals surface area contributed by atoms with E-state index in [9.17, 15) is 9.59 Å². The van der Waals surface area contributed by atoms with Gasteiger partial charge in [0.1, 0.15) is 0 Å². The Morgan fingerprint density at radius 2 is 1.69 bits per heavy atom. The number of carbonyl (C=O) groups excluding carboxylic acids is 2. The molecule has 1 aliphatic heterocycles. The highest BCUT2D eigenvalue weighted by atomic mass is 16.2. The summed E-state index contributed by atoms with van der Waals surface area (Å²) in [6.45, 7) is 21.3. The van der Waals surface area contributed by atoms with Gasteiger partial charge in [-0.25, -0.2) is 0 Å². The molecule has 39 heavy (non-hydrogen) atoms. The Bertz CT molecular complexity index is 1200. The zero-order valence-corrected chi connectivity index (χ0v) is 26.2. The number of nitrogens with one attached hydrogen (secondary N) is 1. The Morgan fingerprint density at radius 3 is 2.33 bits per heavy atom. The van der Waals surface area contributed by atoms with Gasteiger partial charge in [0.25, 0.3) is 0 Å². The quantitative estimate of drug-likeness (QED) is 0.424. The van der Waals surface area contributed by atoms with Gasteiger partial charge >= 0.3 is 0 Å². The summed E-state index contributed by atoms with van der Waals surface area (Å²) in [5.41, 5.74) is 4.75. The van der Waals surface area contributed by atoms with Crippen molar-refractivity contribution in [2.24, 2.45) is 40.4 Å². The highest BCUT2D eigenvalue weighted by Gasteiger charge is 2.61. The van der Waals surface area contributed by atoms with Crippen LogP contribution in [0.25, 0.3) is 0 Å². The SMILES string of the molecule is CC1C[C@@]2(C)C(=CC1=O)N(C)CC1C2CC[C@@]2(C)C1CC[C@@H]2C(=O)Nc1cc(C(C)(C)C)ccc1C(C)(C)C. The van der Waals surface area contributed by atoms with Gasteiger partial charge in [-0.05, 0) is 83.3 Å². The van der Waals surface area contributed by atoms with E-state index >= 15 is 0 Å². The number of carbonyl (C=O) groups is 2. The highest BCUT2D eigenvalue weighted by Crippen LogP contribution is 2.65. The maximum Gasteiger partial charge on any atom is 0.228 e. The van der Waals surface area contributed by atoms with E-state index in [0.29, 0.717) is 17.8 Å². The van der Waals surface area contributed by atoms with E-state index in [-0.39, 0.29) is 45.2 Å². The second-order valence-corrected chi connectivity index (χ2v) is 16.1. The van der Waals surface area contributed by atoms with Crippen LogP contribution in [0.15, 0.2) is 30.0 Å². The molecule has 0 aromatic heterocycles. The fourth-order valence-electron chi connectivity index (χ4n) is 9.34. The van der Waals surface area contributed by atoms with Crippen molar-refractivity contribution < 1.29 is 9.59 Å². The molecule has 0 radical (unpaired) electrons. The van der Waals surface area contributed by atoms with Crippen LogP contribution in [0, 0.1) is 40.4 Å². The predicted octanol–water partition coefficient (Wildman–Crippen LogP) is 7.72. The maximum atomic E-state index is 14.1. The number of anilines is 1. The van der Waals surface area contributed by atoms with Crippen molar-refractivity contribution in [3.63, 3.8) is 0 Å². The van der Waals surface area contributed by atoms with Gasteiger partial charge in [0, 0.05) is 48.3 Å². The van der Waals surface area contributed by atoms with Crippen LogP contribution in [0.5, 0.6) is 0 Å². The van der Waals surface area contributed by atoms with Gasteiger partial charge in [-0.15, -0.1) is 0 Å². The molecule has 7 atom stereocenters. The van der Waals surface area contributed by atoms with E-state index in [1.54, 1.807) is 0 Å². The Morgan fingerprint density at radius 1 is 1.00 bits per heavy atom. The van der Waals surface area contributed by atoms with Crippen LogP contribution in [-0.4, -0.2) is 30.2 Å². The van der Waals surface area contributed by atoms with Gasteiger partial charge in [0.05, 0.1) is 0 Å². The summed E-state index contributed by atoms with van der Waals surface area (Å²) >= 11 is 0. The number of hydrogen-bond donors (Lipinski definition) is 1. The molecule has 5 rings (SSSR count). The van der Waals surface area contributed by atoms with Gasteiger partial charge in [0.2, 0.25) is 5.91 Å². The highest BCUT2D eigenvalue weighted by molar-refractivity contribution is 5.95. The molecule has 4 unspecified atom stereocenters. The lowest BCUT2D eigenvalue weighted by Gasteiger charge is -2.60. The third-order valence-electron chi connectivity index (χ3n) is 11.5. The third kappa shape index (κ3) is 4.58. The number of piperidine rings is 1. The van der Waals surface area contributed by atoms with Crippen LogP contribution >= 0.6 is 0 Å². The molecule has 4 nitrogen and oxygen atoms in total. The molecule has 1 aromatic carbocycles. The van der Waals surface area contributed by atoms with E-state index in [1.807, 2.05) is 6.08 Å². The summed E-state index contributed by atoms with van der Waals surface area (Å²) in [5, 5.41) is 3.48. The predicted molar refractivity (Wildman–Crippen MR) is 161 cm³/mol. The molecule has 1 aromatic rings. The minimum Gasteiger partial charge on any atom is -0.377 e. The molecule has 0 bridgehead atoms. The first-order valence-electron chi connectivity index (χ1n) is 15.4. The second kappa shape index (κ2) is 9.21. The van der Waals surface area contributed by atoms with E-state index < -0.39 is 0 Å². The summed E-state index contributed by atoms with van der Waals surface area (Å²) in [7, 11) is 2.19. The number of allylic oxidation sites excluding steroid dienone is 2. The van der Waals surface area contributed by atoms with Gasteiger partial charge < -0.3 is 10.2 Å². The van der Waals surface area contributed by atoms with Crippen molar-refractivity contribution in [3.8, 4) is 0 Å². The Labute approximate surface area is 237 Å². The van der Waals surface area contributed by atoms with Crippen LogP contribution in [0.2, 0.25) is 0 Å². The number of hydrogen-bond acceptors (Lipinski definition) is 3. The summed E-state index contributed by atoms with van der Waals surface area (Å²) in [6, 6.07) is 6.67. The lowest BCUT2D eigenvalue weighted by molar-refractivity contribution is -0.131.